The highest BCUT2D eigenvalue weighted by Gasteiger charge is 2.23. The average molecular weight is 359 g/mol. The summed E-state index contributed by atoms with van der Waals surface area (Å²) in [6, 6.07) is 9.25. The molecule has 1 heterocycles. The molecule has 1 atom stereocenters. The maximum Gasteiger partial charge on any atom is 0.191 e. The molecule has 1 aromatic carbocycles. The van der Waals surface area contributed by atoms with Gasteiger partial charge >= 0.3 is 0 Å². The van der Waals surface area contributed by atoms with Crippen molar-refractivity contribution in [1.29, 1.82) is 0 Å². The number of guanidine groups is 1. The number of aliphatic imine (C=N–C) groups is 1. The summed E-state index contributed by atoms with van der Waals surface area (Å²) in [6.07, 6.45) is 7.84. The van der Waals surface area contributed by atoms with Crippen molar-refractivity contribution in [3.8, 4) is 0 Å². The van der Waals surface area contributed by atoms with Gasteiger partial charge in [0.1, 0.15) is 0 Å². The maximum atomic E-state index is 5.92. The summed E-state index contributed by atoms with van der Waals surface area (Å²) in [5.41, 5.74) is 2.62. The van der Waals surface area contributed by atoms with E-state index in [1.54, 1.807) is 0 Å². The Morgan fingerprint density at radius 1 is 1.19 bits per heavy atom. The van der Waals surface area contributed by atoms with E-state index in [-0.39, 0.29) is 0 Å². The molecule has 26 heavy (non-hydrogen) atoms. The lowest BCUT2D eigenvalue weighted by atomic mass is 10.2. The van der Waals surface area contributed by atoms with Crippen molar-refractivity contribution < 1.29 is 4.74 Å². The first-order valence-corrected chi connectivity index (χ1v) is 10.1. The molecule has 1 aliphatic carbocycles. The third-order valence-electron chi connectivity index (χ3n) is 5.42. The number of nitrogens with one attached hydrogen (secondary N) is 2. The Hall–Kier alpha value is -1.75. The Balaban J connectivity index is 1.33. The van der Waals surface area contributed by atoms with E-state index < -0.39 is 0 Å². The summed E-state index contributed by atoms with van der Waals surface area (Å²) in [5.74, 6) is 0.904. The van der Waals surface area contributed by atoms with Gasteiger partial charge in [0, 0.05) is 45.0 Å². The minimum absolute atomic E-state index is 0.442. The van der Waals surface area contributed by atoms with Crippen LogP contribution in [0.2, 0.25) is 0 Å². The van der Waals surface area contributed by atoms with Gasteiger partial charge in [-0.15, -0.1) is 0 Å². The van der Waals surface area contributed by atoms with Gasteiger partial charge in [0.25, 0.3) is 0 Å². The zero-order chi connectivity index (χ0) is 18.2. The Morgan fingerprint density at radius 3 is 2.69 bits per heavy atom. The molecule has 0 spiro atoms. The Morgan fingerprint density at radius 2 is 1.96 bits per heavy atom. The third kappa shape index (κ3) is 5.63. The van der Waals surface area contributed by atoms with Crippen LogP contribution in [0.15, 0.2) is 29.3 Å². The molecule has 0 aromatic heterocycles. The molecular weight excluding hydrogens is 324 g/mol. The molecule has 2 N–H and O–H groups in total. The fourth-order valence-electron chi connectivity index (χ4n) is 3.84. The summed E-state index contributed by atoms with van der Waals surface area (Å²) in [6.45, 7) is 5.99. The number of ether oxygens (including phenoxy) is 1. The van der Waals surface area contributed by atoms with Gasteiger partial charge in [-0.25, -0.2) is 0 Å². The minimum Gasteiger partial charge on any atom is -0.378 e. The number of rotatable bonds is 7. The quantitative estimate of drug-likeness (QED) is 0.447. The Bertz CT molecular complexity index is 566. The first kappa shape index (κ1) is 19.0. The van der Waals surface area contributed by atoms with E-state index in [1.807, 2.05) is 7.05 Å². The zero-order valence-electron chi connectivity index (χ0n) is 16.3. The van der Waals surface area contributed by atoms with Gasteiger partial charge in [0.15, 0.2) is 5.96 Å². The number of hydrogen-bond acceptors (Lipinski definition) is 3. The minimum atomic E-state index is 0.442. The number of anilines is 1. The van der Waals surface area contributed by atoms with E-state index in [0.29, 0.717) is 12.1 Å². The fourth-order valence-corrected chi connectivity index (χ4v) is 3.84. The van der Waals surface area contributed by atoms with Crippen LogP contribution in [-0.4, -0.2) is 51.4 Å². The molecule has 2 fully saturated rings. The van der Waals surface area contributed by atoms with Crippen molar-refractivity contribution in [1.82, 2.24) is 10.6 Å². The monoisotopic (exact) mass is 358 g/mol. The molecule has 0 bridgehead atoms. The van der Waals surface area contributed by atoms with Crippen LogP contribution in [0.3, 0.4) is 0 Å². The summed E-state index contributed by atoms with van der Waals surface area (Å²) in [4.78, 5) is 6.82. The number of aryl methyl sites for hydroxylation is 1. The second kappa shape index (κ2) is 9.81. The molecule has 3 rings (SSSR count). The summed E-state index contributed by atoms with van der Waals surface area (Å²) in [7, 11) is 1.84. The van der Waals surface area contributed by atoms with Crippen molar-refractivity contribution >= 4 is 11.6 Å². The van der Waals surface area contributed by atoms with Gasteiger partial charge in [-0.05, 0) is 44.7 Å². The van der Waals surface area contributed by atoms with Gasteiger partial charge in [0.2, 0.25) is 0 Å². The van der Waals surface area contributed by atoms with Crippen molar-refractivity contribution in [2.45, 2.75) is 57.6 Å². The van der Waals surface area contributed by atoms with Gasteiger partial charge in [0.05, 0.1) is 6.10 Å². The lowest BCUT2D eigenvalue weighted by Crippen LogP contribution is -2.45. The van der Waals surface area contributed by atoms with E-state index in [1.165, 1.54) is 36.9 Å². The molecule has 5 heteroatoms. The first-order chi connectivity index (χ1) is 12.7. The number of hydrogen-bond donors (Lipinski definition) is 2. The van der Waals surface area contributed by atoms with E-state index >= 15 is 0 Å². The standard InChI is InChI=1S/C21H34N4O/c1-17-8-10-19(11-9-17)25-14-12-18(16-25)24-21(22-2)23-13-5-15-26-20-6-3-4-7-20/h8-11,18,20H,3-7,12-16H2,1-2H3,(H2,22,23,24). The van der Waals surface area contributed by atoms with Crippen molar-refractivity contribution in [3.63, 3.8) is 0 Å². The third-order valence-corrected chi connectivity index (χ3v) is 5.42. The summed E-state index contributed by atoms with van der Waals surface area (Å²) < 4.78 is 5.92. The molecule has 1 aliphatic heterocycles. The lowest BCUT2D eigenvalue weighted by Gasteiger charge is -2.20. The maximum absolute atomic E-state index is 5.92. The smallest absolute Gasteiger partial charge is 0.191 e. The highest BCUT2D eigenvalue weighted by molar-refractivity contribution is 5.80. The number of benzene rings is 1. The summed E-state index contributed by atoms with van der Waals surface area (Å²) >= 11 is 0. The second-order valence-corrected chi connectivity index (χ2v) is 7.54. The zero-order valence-corrected chi connectivity index (χ0v) is 16.3. The highest BCUT2D eigenvalue weighted by Crippen LogP contribution is 2.21. The van der Waals surface area contributed by atoms with Gasteiger partial charge in [-0.2, -0.15) is 0 Å². The molecule has 5 nitrogen and oxygen atoms in total. The van der Waals surface area contributed by atoms with Crippen LogP contribution >= 0.6 is 0 Å². The molecule has 1 saturated heterocycles. The second-order valence-electron chi connectivity index (χ2n) is 7.54. The average Bonchev–Trinajstić information content (AvgIpc) is 3.33. The predicted octanol–water partition coefficient (Wildman–Crippen LogP) is 3.09. The van der Waals surface area contributed by atoms with Crippen LogP contribution in [0.25, 0.3) is 0 Å². The Kier molecular flexibility index (Phi) is 7.18. The largest absolute Gasteiger partial charge is 0.378 e. The SMILES string of the molecule is CN=C(NCCCOC1CCCC1)NC1CCN(c2ccc(C)cc2)C1. The van der Waals surface area contributed by atoms with Gasteiger partial charge in [-0.3, -0.25) is 4.99 Å². The first-order valence-electron chi connectivity index (χ1n) is 10.1. The lowest BCUT2D eigenvalue weighted by molar-refractivity contribution is 0.0574. The van der Waals surface area contributed by atoms with Crippen molar-refractivity contribution in [3.05, 3.63) is 29.8 Å². The molecule has 2 aliphatic rings. The molecule has 0 radical (unpaired) electrons. The molecular formula is C21H34N4O. The van der Waals surface area contributed by atoms with Crippen LogP contribution in [0, 0.1) is 6.92 Å². The van der Waals surface area contributed by atoms with E-state index in [2.05, 4.69) is 51.7 Å². The Labute approximate surface area is 158 Å². The van der Waals surface area contributed by atoms with Crippen LogP contribution in [0.5, 0.6) is 0 Å². The summed E-state index contributed by atoms with van der Waals surface area (Å²) in [5, 5.41) is 6.99. The molecule has 1 aromatic rings. The van der Waals surface area contributed by atoms with Crippen LogP contribution in [0.1, 0.15) is 44.1 Å². The highest BCUT2D eigenvalue weighted by atomic mass is 16.5. The van der Waals surface area contributed by atoms with Crippen molar-refractivity contribution in [2.75, 3.05) is 38.2 Å². The molecule has 144 valence electrons. The number of nitrogens with zero attached hydrogens (tertiary/aromatic N) is 2. The molecule has 1 unspecified atom stereocenters. The van der Waals surface area contributed by atoms with Gasteiger partial charge < -0.3 is 20.3 Å². The van der Waals surface area contributed by atoms with Crippen LogP contribution in [-0.2, 0) is 4.74 Å². The van der Waals surface area contributed by atoms with Gasteiger partial charge in [-0.1, -0.05) is 30.5 Å². The normalized spacial score (nSPS) is 21.4. The van der Waals surface area contributed by atoms with E-state index in [4.69, 9.17) is 4.74 Å². The fraction of sp³-hybridized carbons (Fsp3) is 0.667. The predicted molar refractivity (Wildman–Crippen MR) is 109 cm³/mol. The van der Waals surface area contributed by atoms with Crippen molar-refractivity contribution in [2.24, 2.45) is 4.99 Å². The van der Waals surface area contributed by atoms with Crippen LogP contribution < -0.4 is 15.5 Å². The van der Waals surface area contributed by atoms with E-state index in [9.17, 15) is 0 Å². The van der Waals surface area contributed by atoms with E-state index in [0.717, 1.165) is 45.0 Å². The topological polar surface area (TPSA) is 48.9 Å². The molecule has 1 saturated carbocycles. The van der Waals surface area contributed by atoms with Crippen LogP contribution in [0.4, 0.5) is 5.69 Å². The molecule has 0 amide bonds.